The summed E-state index contributed by atoms with van der Waals surface area (Å²) in [5.41, 5.74) is 0. The Balaban J connectivity index is 1.65. The third kappa shape index (κ3) is 5.41. The predicted molar refractivity (Wildman–Crippen MR) is 80.5 cm³/mol. The summed E-state index contributed by atoms with van der Waals surface area (Å²) in [4.78, 5) is 2.59. The fraction of sp³-hybridized carbons (Fsp3) is 1.00. The highest BCUT2D eigenvalue weighted by molar-refractivity contribution is 4.79. The van der Waals surface area contributed by atoms with Gasteiger partial charge in [0.2, 0.25) is 0 Å². The monoisotopic (exact) mass is 268 g/mol. The highest BCUT2D eigenvalue weighted by Gasteiger charge is 2.20. The number of hydrogen-bond acceptors (Lipinski definition) is 3. The lowest BCUT2D eigenvalue weighted by Crippen LogP contribution is -2.42. The smallest absolute Gasteiger partial charge is 0.0597 e. The van der Waals surface area contributed by atoms with Gasteiger partial charge in [0.05, 0.1) is 12.7 Å². The van der Waals surface area contributed by atoms with Crippen molar-refractivity contribution in [1.82, 2.24) is 10.2 Å². The molecular formula is C16H32N2O. The van der Waals surface area contributed by atoms with Crippen molar-refractivity contribution in [1.29, 1.82) is 0 Å². The van der Waals surface area contributed by atoms with Crippen molar-refractivity contribution >= 4 is 0 Å². The first kappa shape index (κ1) is 15.3. The first-order chi connectivity index (χ1) is 9.25. The molecule has 1 saturated heterocycles. The second kappa shape index (κ2) is 8.23. The Bertz CT molecular complexity index is 239. The maximum atomic E-state index is 6.06. The summed E-state index contributed by atoms with van der Waals surface area (Å²) in [7, 11) is 0. The fourth-order valence-electron chi connectivity index (χ4n) is 3.25. The van der Waals surface area contributed by atoms with Crippen LogP contribution in [0.3, 0.4) is 0 Å². The minimum Gasteiger partial charge on any atom is -0.377 e. The van der Waals surface area contributed by atoms with E-state index in [2.05, 4.69) is 24.1 Å². The van der Waals surface area contributed by atoms with Crippen LogP contribution >= 0.6 is 0 Å². The Morgan fingerprint density at radius 1 is 1.16 bits per heavy atom. The van der Waals surface area contributed by atoms with Crippen LogP contribution in [-0.2, 0) is 4.74 Å². The lowest BCUT2D eigenvalue weighted by atomic mass is 9.98. The van der Waals surface area contributed by atoms with Gasteiger partial charge in [-0.1, -0.05) is 33.1 Å². The summed E-state index contributed by atoms with van der Waals surface area (Å²) in [6, 6.07) is 0.650. The first-order valence-corrected chi connectivity index (χ1v) is 8.33. The molecule has 1 heterocycles. The molecule has 1 saturated carbocycles. The maximum Gasteiger partial charge on any atom is 0.0597 e. The van der Waals surface area contributed by atoms with Crippen molar-refractivity contribution < 1.29 is 4.74 Å². The third-order valence-electron chi connectivity index (χ3n) is 4.63. The van der Waals surface area contributed by atoms with Crippen LogP contribution in [-0.4, -0.2) is 49.8 Å². The van der Waals surface area contributed by atoms with Gasteiger partial charge < -0.3 is 10.1 Å². The molecule has 1 aliphatic heterocycles. The van der Waals surface area contributed by atoms with E-state index in [1.54, 1.807) is 0 Å². The van der Waals surface area contributed by atoms with Crippen molar-refractivity contribution in [3.8, 4) is 0 Å². The van der Waals surface area contributed by atoms with E-state index < -0.39 is 0 Å². The van der Waals surface area contributed by atoms with Crippen LogP contribution in [0.25, 0.3) is 0 Å². The zero-order valence-electron chi connectivity index (χ0n) is 12.9. The topological polar surface area (TPSA) is 24.5 Å². The van der Waals surface area contributed by atoms with E-state index in [0.717, 1.165) is 19.1 Å². The first-order valence-electron chi connectivity index (χ1n) is 8.33. The van der Waals surface area contributed by atoms with Crippen LogP contribution in [0.5, 0.6) is 0 Å². The Kier molecular flexibility index (Phi) is 6.62. The normalized spacial score (nSPS) is 27.6. The van der Waals surface area contributed by atoms with Gasteiger partial charge in [-0.3, -0.25) is 4.90 Å². The molecule has 19 heavy (non-hydrogen) atoms. The van der Waals surface area contributed by atoms with Crippen molar-refractivity contribution in [2.75, 3.05) is 32.8 Å². The van der Waals surface area contributed by atoms with Crippen LogP contribution in [0.1, 0.15) is 52.4 Å². The molecule has 112 valence electrons. The summed E-state index contributed by atoms with van der Waals surface area (Å²) in [6.07, 6.45) is 8.55. The van der Waals surface area contributed by atoms with Gasteiger partial charge in [-0.05, 0) is 38.3 Å². The highest BCUT2D eigenvalue weighted by Crippen LogP contribution is 2.20. The van der Waals surface area contributed by atoms with Crippen LogP contribution in [0.15, 0.2) is 0 Å². The van der Waals surface area contributed by atoms with Crippen molar-refractivity contribution in [3.63, 3.8) is 0 Å². The van der Waals surface area contributed by atoms with Crippen LogP contribution in [0, 0.1) is 5.92 Å². The standard InChI is InChI=1S/C16H32N2O/c1-14(2)16-13-18(10-6-9-17-16)11-12-19-15-7-4-3-5-8-15/h14-17H,3-13H2,1-2H3. The minimum atomic E-state index is 0.555. The second-order valence-corrected chi connectivity index (χ2v) is 6.59. The van der Waals surface area contributed by atoms with E-state index in [4.69, 9.17) is 4.74 Å². The van der Waals surface area contributed by atoms with E-state index in [9.17, 15) is 0 Å². The van der Waals surface area contributed by atoms with E-state index in [0.29, 0.717) is 12.1 Å². The molecule has 1 aliphatic carbocycles. The van der Waals surface area contributed by atoms with E-state index >= 15 is 0 Å². The lowest BCUT2D eigenvalue weighted by molar-refractivity contribution is 0.0156. The lowest BCUT2D eigenvalue weighted by Gasteiger charge is -2.28. The zero-order valence-corrected chi connectivity index (χ0v) is 12.9. The molecule has 0 amide bonds. The van der Waals surface area contributed by atoms with Gasteiger partial charge in [0.1, 0.15) is 0 Å². The molecule has 3 heteroatoms. The number of rotatable bonds is 5. The van der Waals surface area contributed by atoms with Gasteiger partial charge in [-0.15, -0.1) is 0 Å². The van der Waals surface area contributed by atoms with Crippen molar-refractivity contribution in [2.24, 2.45) is 5.92 Å². The summed E-state index contributed by atoms with van der Waals surface area (Å²) in [5, 5.41) is 3.67. The van der Waals surface area contributed by atoms with Gasteiger partial charge in [0.25, 0.3) is 0 Å². The maximum absolute atomic E-state index is 6.06. The summed E-state index contributed by atoms with van der Waals surface area (Å²) in [5.74, 6) is 0.722. The Hall–Kier alpha value is -0.120. The molecule has 2 rings (SSSR count). The average Bonchev–Trinajstić information content (AvgIpc) is 2.66. The molecule has 3 nitrogen and oxygen atoms in total. The Morgan fingerprint density at radius 2 is 1.95 bits per heavy atom. The largest absolute Gasteiger partial charge is 0.377 e. The second-order valence-electron chi connectivity index (χ2n) is 6.59. The van der Waals surface area contributed by atoms with E-state index in [-0.39, 0.29) is 0 Å². The van der Waals surface area contributed by atoms with Crippen LogP contribution in [0.2, 0.25) is 0 Å². The molecular weight excluding hydrogens is 236 g/mol. The SMILES string of the molecule is CC(C)C1CN(CCOC2CCCCC2)CCCN1. The van der Waals surface area contributed by atoms with Crippen molar-refractivity contribution in [3.05, 3.63) is 0 Å². The highest BCUT2D eigenvalue weighted by atomic mass is 16.5. The van der Waals surface area contributed by atoms with Gasteiger partial charge in [-0.2, -0.15) is 0 Å². The van der Waals surface area contributed by atoms with E-state index in [1.807, 2.05) is 0 Å². The van der Waals surface area contributed by atoms with Gasteiger partial charge in [0, 0.05) is 19.1 Å². The molecule has 2 fully saturated rings. The number of nitrogens with zero attached hydrogens (tertiary/aromatic N) is 1. The molecule has 1 atom stereocenters. The van der Waals surface area contributed by atoms with Gasteiger partial charge in [-0.25, -0.2) is 0 Å². The van der Waals surface area contributed by atoms with Gasteiger partial charge in [0.15, 0.2) is 0 Å². The molecule has 0 bridgehead atoms. The number of nitrogens with one attached hydrogen (secondary N) is 1. The average molecular weight is 268 g/mol. The molecule has 1 N–H and O–H groups in total. The molecule has 0 spiro atoms. The molecule has 0 radical (unpaired) electrons. The number of hydrogen-bond donors (Lipinski definition) is 1. The van der Waals surface area contributed by atoms with Gasteiger partial charge >= 0.3 is 0 Å². The van der Waals surface area contributed by atoms with Crippen LogP contribution < -0.4 is 5.32 Å². The Morgan fingerprint density at radius 3 is 2.68 bits per heavy atom. The summed E-state index contributed by atoms with van der Waals surface area (Å²) in [6.45, 7) is 10.3. The number of ether oxygens (including phenoxy) is 1. The van der Waals surface area contributed by atoms with Crippen LogP contribution in [0.4, 0.5) is 0 Å². The third-order valence-corrected chi connectivity index (χ3v) is 4.63. The Labute approximate surface area is 119 Å². The predicted octanol–water partition coefficient (Wildman–Crippen LogP) is 2.66. The minimum absolute atomic E-state index is 0.555. The summed E-state index contributed by atoms with van der Waals surface area (Å²) >= 11 is 0. The van der Waals surface area contributed by atoms with E-state index in [1.165, 1.54) is 58.2 Å². The quantitative estimate of drug-likeness (QED) is 0.829. The zero-order chi connectivity index (χ0) is 13.5. The van der Waals surface area contributed by atoms with Crippen molar-refractivity contribution in [2.45, 2.75) is 64.5 Å². The molecule has 1 unspecified atom stereocenters. The molecule has 2 aliphatic rings. The molecule has 0 aromatic heterocycles. The molecule has 0 aromatic rings. The fourth-order valence-corrected chi connectivity index (χ4v) is 3.25. The summed E-state index contributed by atoms with van der Waals surface area (Å²) < 4.78 is 6.06. The molecule has 0 aromatic carbocycles.